The van der Waals surface area contributed by atoms with Crippen molar-refractivity contribution < 1.29 is 23.8 Å². The number of nitrogens with one attached hydrogen (secondary N) is 3. The maximum atomic E-state index is 14.3. The van der Waals surface area contributed by atoms with Crippen molar-refractivity contribution in [2.45, 2.75) is 64.0 Å². The van der Waals surface area contributed by atoms with Crippen LogP contribution in [-0.4, -0.2) is 63.5 Å². The lowest BCUT2D eigenvalue weighted by Crippen LogP contribution is -2.44. The van der Waals surface area contributed by atoms with E-state index in [1.54, 1.807) is 23.9 Å². The molecule has 0 atom stereocenters. The van der Waals surface area contributed by atoms with Crippen molar-refractivity contribution in [2.75, 3.05) is 19.7 Å². The Balaban J connectivity index is 1.16. The topological polar surface area (TPSA) is 130 Å². The first-order chi connectivity index (χ1) is 22.8. The number of aliphatic hydroxyl groups excluding tert-OH is 1. The van der Waals surface area contributed by atoms with Gasteiger partial charge in [0.1, 0.15) is 22.8 Å². The molecule has 4 aromatic rings. The Bertz CT molecular complexity index is 1630. The second kappa shape index (κ2) is 16.3. The standard InChI is InChI=1S/C36H43FN6O4/c1-24-20-33(42-43(24)2)35(46)41-30-15-13-29(14-16-30)40-34(45)32-22-28(37)23-39-36(32)47-31-8-3-7-27(21-31)26-11-9-25(10-12-26)6-4-17-38-18-5-19-44/h3,7-12,20-23,29-30,38,44H,4-6,13-19H2,1-2H3,(H,40,45)(H,41,46). The number of carbonyl (C=O) groups is 2. The van der Waals surface area contributed by atoms with E-state index in [2.05, 4.69) is 50.3 Å². The molecular weight excluding hydrogens is 599 g/mol. The van der Waals surface area contributed by atoms with E-state index in [9.17, 15) is 14.0 Å². The molecule has 5 rings (SSSR count). The molecule has 47 heavy (non-hydrogen) atoms. The number of aryl methyl sites for hydroxylation is 3. The number of pyridine rings is 1. The Morgan fingerprint density at radius 3 is 2.32 bits per heavy atom. The average Bonchev–Trinajstić information content (AvgIpc) is 3.42. The molecule has 0 bridgehead atoms. The molecule has 1 saturated carbocycles. The Kier molecular flexibility index (Phi) is 11.7. The number of nitrogens with zero attached hydrogens (tertiary/aromatic N) is 3. The summed E-state index contributed by atoms with van der Waals surface area (Å²) in [5.74, 6) is -0.791. The van der Waals surface area contributed by atoms with Gasteiger partial charge in [-0.25, -0.2) is 9.37 Å². The summed E-state index contributed by atoms with van der Waals surface area (Å²) in [7, 11) is 1.80. The van der Waals surface area contributed by atoms with Crippen LogP contribution < -0.4 is 20.7 Å². The van der Waals surface area contributed by atoms with Crippen molar-refractivity contribution in [2.24, 2.45) is 7.05 Å². The number of aromatic nitrogens is 3. The number of benzene rings is 2. The first-order valence-electron chi connectivity index (χ1n) is 16.3. The predicted molar refractivity (Wildman–Crippen MR) is 178 cm³/mol. The number of amides is 2. The third kappa shape index (κ3) is 9.46. The SMILES string of the molecule is Cc1cc(C(=O)NC2CCC(NC(=O)c3cc(F)cnc3Oc3cccc(-c4ccc(CCCNCCCO)cc4)c3)CC2)nn1C. The number of hydrogen-bond donors (Lipinski definition) is 4. The number of halogens is 1. The summed E-state index contributed by atoms with van der Waals surface area (Å²) < 4.78 is 22.0. The zero-order chi connectivity index (χ0) is 33.2. The lowest BCUT2D eigenvalue weighted by molar-refractivity contribution is 0.0887. The molecule has 0 radical (unpaired) electrons. The molecule has 0 aliphatic heterocycles. The van der Waals surface area contributed by atoms with Crippen molar-refractivity contribution in [1.29, 1.82) is 0 Å². The molecule has 2 aromatic heterocycles. The molecule has 1 fully saturated rings. The number of ether oxygens (including phenoxy) is 1. The summed E-state index contributed by atoms with van der Waals surface area (Å²) in [6, 6.07) is 18.6. The maximum Gasteiger partial charge on any atom is 0.272 e. The molecule has 10 nitrogen and oxygen atoms in total. The van der Waals surface area contributed by atoms with Gasteiger partial charge >= 0.3 is 0 Å². The fourth-order valence-corrected chi connectivity index (χ4v) is 5.71. The second-order valence-corrected chi connectivity index (χ2v) is 12.1. The van der Waals surface area contributed by atoms with Crippen LogP contribution in [0.3, 0.4) is 0 Å². The van der Waals surface area contributed by atoms with Crippen LogP contribution in [0.1, 0.15) is 70.6 Å². The molecule has 2 heterocycles. The highest BCUT2D eigenvalue weighted by molar-refractivity contribution is 5.96. The van der Waals surface area contributed by atoms with Crippen LogP contribution >= 0.6 is 0 Å². The van der Waals surface area contributed by atoms with Crippen LogP contribution in [-0.2, 0) is 13.5 Å². The maximum absolute atomic E-state index is 14.3. The van der Waals surface area contributed by atoms with E-state index >= 15 is 0 Å². The van der Waals surface area contributed by atoms with Gasteiger partial charge < -0.3 is 25.8 Å². The van der Waals surface area contributed by atoms with Gasteiger partial charge in [0.2, 0.25) is 5.88 Å². The largest absolute Gasteiger partial charge is 0.438 e. The van der Waals surface area contributed by atoms with Crippen LogP contribution in [0.2, 0.25) is 0 Å². The second-order valence-electron chi connectivity index (χ2n) is 12.1. The van der Waals surface area contributed by atoms with Gasteiger partial charge in [0.25, 0.3) is 11.8 Å². The fourth-order valence-electron chi connectivity index (χ4n) is 5.71. The normalized spacial score (nSPS) is 16.1. The Morgan fingerprint density at radius 1 is 0.936 bits per heavy atom. The van der Waals surface area contributed by atoms with Gasteiger partial charge in [-0.15, -0.1) is 0 Å². The first-order valence-corrected chi connectivity index (χ1v) is 16.3. The number of hydrogen-bond acceptors (Lipinski definition) is 7. The molecule has 2 aromatic carbocycles. The fraction of sp³-hybridized carbons (Fsp3) is 0.389. The van der Waals surface area contributed by atoms with E-state index in [4.69, 9.17) is 9.84 Å². The van der Waals surface area contributed by atoms with Crippen molar-refractivity contribution in [3.05, 3.63) is 95.2 Å². The summed E-state index contributed by atoms with van der Waals surface area (Å²) in [5, 5.41) is 22.5. The summed E-state index contributed by atoms with van der Waals surface area (Å²) in [4.78, 5) is 30.0. The van der Waals surface area contributed by atoms with E-state index in [0.717, 1.165) is 61.4 Å². The molecule has 248 valence electrons. The molecule has 1 aliphatic rings. The molecule has 0 saturated heterocycles. The predicted octanol–water partition coefficient (Wildman–Crippen LogP) is 5.10. The highest BCUT2D eigenvalue weighted by Gasteiger charge is 2.26. The Morgan fingerprint density at radius 2 is 1.64 bits per heavy atom. The minimum atomic E-state index is -0.631. The van der Waals surface area contributed by atoms with Crippen LogP contribution in [0.25, 0.3) is 11.1 Å². The lowest BCUT2D eigenvalue weighted by atomic mass is 9.91. The van der Waals surface area contributed by atoms with E-state index in [1.807, 2.05) is 25.1 Å². The molecule has 0 spiro atoms. The number of rotatable bonds is 14. The van der Waals surface area contributed by atoms with E-state index in [1.165, 1.54) is 5.56 Å². The minimum absolute atomic E-state index is 0.0127. The van der Waals surface area contributed by atoms with E-state index in [-0.39, 0.29) is 36.0 Å². The Hall–Kier alpha value is -4.61. The molecular formula is C36H43FN6O4. The highest BCUT2D eigenvalue weighted by Crippen LogP contribution is 2.29. The third-order valence-corrected chi connectivity index (χ3v) is 8.47. The molecule has 4 N–H and O–H groups in total. The molecule has 2 amide bonds. The summed E-state index contributed by atoms with van der Waals surface area (Å²) in [5.41, 5.74) is 4.52. The van der Waals surface area contributed by atoms with Crippen molar-refractivity contribution in [3.8, 4) is 22.8 Å². The molecule has 11 heteroatoms. The lowest BCUT2D eigenvalue weighted by Gasteiger charge is -2.29. The van der Waals surface area contributed by atoms with Gasteiger partial charge in [-0.1, -0.05) is 36.4 Å². The van der Waals surface area contributed by atoms with Gasteiger partial charge in [-0.3, -0.25) is 14.3 Å². The number of aliphatic hydroxyl groups is 1. The average molecular weight is 643 g/mol. The van der Waals surface area contributed by atoms with Crippen molar-refractivity contribution in [1.82, 2.24) is 30.7 Å². The van der Waals surface area contributed by atoms with Crippen LogP contribution in [0.15, 0.2) is 66.9 Å². The summed E-state index contributed by atoms with van der Waals surface area (Å²) in [6.07, 6.45) is 6.50. The highest BCUT2D eigenvalue weighted by atomic mass is 19.1. The van der Waals surface area contributed by atoms with Crippen LogP contribution in [0, 0.1) is 12.7 Å². The molecule has 1 aliphatic carbocycles. The third-order valence-electron chi connectivity index (χ3n) is 8.47. The van der Waals surface area contributed by atoms with Gasteiger partial charge in [0.15, 0.2) is 0 Å². The van der Waals surface area contributed by atoms with Crippen LogP contribution in [0.4, 0.5) is 4.39 Å². The van der Waals surface area contributed by atoms with Crippen molar-refractivity contribution in [3.63, 3.8) is 0 Å². The van der Waals surface area contributed by atoms with Gasteiger partial charge in [0, 0.05) is 31.4 Å². The van der Waals surface area contributed by atoms with Gasteiger partial charge in [-0.2, -0.15) is 5.10 Å². The van der Waals surface area contributed by atoms with Gasteiger partial charge in [0.05, 0.1) is 6.20 Å². The smallest absolute Gasteiger partial charge is 0.272 e. The Labute approximate surface area is 274 Å². The minimum Gasteiger partial charge on any atom is -0.438 e. The molecule has 0 unspecified atom stereocenters. The van der Waals surface area contributed by atoms with Gasteiger partial charge in [-0.05, 0) is 106 Å². The summed E-state index contributed by atoms with van der Waals surface area (Å²) in [6.45, 7) is 3.83. The van der Waals surface area contributed by atoms with E-state index in [0.29, 0.717) is 37.1 Å². The monoisotopic (exact) mass is 642 g/mol. The quantitative estimate of drug-likeness (QED) is 0.141. The summed E-state index contributed by atoms with van der Waals surface area (Å²) >= 11 is 0. The van der Waals surface area contributed by atoms with Crippen LogP contribution in [0.5, 0.6) is 11.6 Å². The number of carbonyl (C=O) groups excluding carboxylic acids is 2. The van der Waals surface area contributed by atoms with E-state index < -0.39 is 11.7 Å². The first kappa shape index (κ1) is 33.7. The zero-order valence-corrected chi connectivity index (χ0v) is 27.0. The zero-order valence-electron chi connectivity index (χ0n) is 27.0. The van der Waals surface area contributed by atoms with Crippen molar-refractivity contribution >= 4 is 11.8 Å².